The zero-order valence-electron chi connectivity index (χ0n) is 20.1. The molecule has 1 atom stereocenters. The molecule has 1 fully saturated rings. The first-order valence-electron chi connectivity index (χ1n) is 11.7. The predicted octanol–water partition coefficient (Wildman–Crippen LogP) is 5.12. The quantitative estimate of drug-likeness (QED) is 0.491. The molecule has 3 aromatic rings. The number of likely N-dealkylation sites (tertiary alicyclic amines) is 1. The van der Waals surface area contributed by atoms with E-state index in [0.717, 1.165) is 73.9 Å². The van der Waals surface area contributed by atoms with E-state index in [1.54, 1.807) is 7.11 Å². The van der Waals surface area contributed by atoms with E-state index < -0.39 is 11.6 Å². The van der Waals surface area contributed by atoms with Crippen LogP contribution < -0.4 is 10.6 Å². The van der Waals surface area contributed by atoms with Gasteiger partial charge in [-0.2, -0.15) is 0 Å². The Balaban J connectivity index is 0.000000363. The summed E-state index contributed by atoms with van der Waals surface area (Å²) in [7, 11) is 1.71. The molecule has 1 unspecified atom stereocenters. The highest BCUT2D eigenvalue weighted by atomic mass is 19.2. The Morgan fingerprint density at radius 2 is 1.74 bits per heavy atom. The lowest BCUT2D eigenvalue weighted by molar-refractivity contribution is 0.160. The van der Waals surface area contributed by atoms with E-state index in [0.29, 0.717) is 0 Å². The van der Waals surface area contributed by atoms with Crippen molar-refractivity contribution in [3.8, 4) is 11.3 Å². The molecule has 35 heavy (non-hydrogen) atoms. The van der Waals surface area contributed by atoms with Gasteiger partial charge < -0.3 is 15.4 Å². The first-order valence-corrected chi connectivity index (χ1v) is 11.7. The van der Waals surface area contributed by atoms with Crippen LogP contribution in [-0.2, 0) is 11.2 Å². The third-order valence-corrected chi connectivity index (χ3v) is 5.65. The van der Waals surface area contributed by atoms with Crippen molar-refractivity contribution in [1.29, 1.82) is 0 Å². The minimum absolute atomic E-state index is 0.157. The largest absolute Gasteiger partial charge is 0.383 e. The Labute approximate surface area is 205 Å². The van der Waals surface area contributed by atoms with Gasteiger partial charge in [-0.15, -0.1) is 0 Å². The number of urea groups is 1. The zero-order valence-corrected chi connectivity index (χ0v) is 20.1. The Morgan fingerprint density at radius 1 is 1.06 bits per heavy atom. The molecule has 2 amide bonds. The number of methoxy groups -OCH3 is 1. The van der Waals surface area contributed by atoms with Crippen LogP contribution >= 0.6 is 0 Å². The number of halogens is 2. The molecule has 4 rings (SSSR count). The van der Waals surface area contributed by atoms with Gasteiger partial charge in [0.05, 0.1) is 18.0 Å². The molecule has 1 aromatic heterocycles. The number of benzene rings is 2. The number of hydrogen-bond donors (Lipinski definition) is 2. The van der Waals surface area contributed by atoms with Crippen LogP contribution in [0.2, 0.25) is 0 Å². The van der Waals surface area contributed by atoms with Crippen LogP contribution in [0.15, 0.2) is 66.7 Å². The predicted molar refractivity (Wildman–Crippen MR) is 134 cm³/mol. The number of pyridine rings is 1. The first kappa shape index (κ1) is 26.2. The van der Waals surface area contributed by atoms with Gasteiger partial charge in [-0.3, -0.25) is 9.88 Å². The molecule has 2 N–H and O–H groups in total. The van der Waals surface area contributed by atoms with E-state index in [1.165, 1.54) is 12.1 Å². The second-order valence-corrected chi connectivity index (χ2v) is 8.21. The summed E-state index contributed by atoms with van der Waals surface area (Å²) in [6, 6.07) is 18.9. The first-order chi connectivity index (χ1) is 17.0. The standard InChI is InChI=1S/C21H28N4O2.C6H4F2/c1-3-17-9-10-19(20(22-17)16-7-5-4-6-8-16)24-21(26)23-18-11-12-25(15-18)13-14-27-2;7-5-3-1-2-4-6(5)8/h4-10,18H,3,11-15H2,1-2H3,(H2,23,24,26);1-4H. The number of anilines is 1. The number of hydrogen-bond acceptors (Lipinski definition) is 4. The van der Waals surface area contributed by atoms with E-state index in [4.69, 9.17) is 9.72 Å². The Hall–Kier alpha value is -3.36. The molecule has 186 valence electrons. The van der Waals surface area contributed by atoms with E-state index in [2.05, 4.69) is 22.5 Å². The number of aromatic nitrogens is 1. The monoisotopic (exact) mass is 482 g/mol. The van der Waals surface area contributed by atoms with Crippen molar-refractivity contribution in [2.75, 3.05) is 38.7 Å². The lowest BCUT2D eigenvalue weighted by Crippen LogP contribution is -2.40. The van der Waals surface area contributed by atoms with Gasteiger partial charge in [-0.1, -0.05) is 49.4 Å². The summed E-state index contributed by atoms with van der Waals surface area (Å²) in [5.74, 6) is -1.60. The van der Waals surface area contributed by atoms with Crippen molar-refractivity contribution in [3.05, 3.63) is 84.1 Å². The maximum Gasteiger partial charge on any atom is 0.319 e. The number of nitrogens with zero attached hydrogens (tertiary/aromatic N) is 2. The Bertz CT molecular complexity index is 1060. The van der Waals surface area contributed by atoms with Crippen molar-refractivity contribution < 1.29 is 18.3 Å². The summed E-state index contributed by atoms with van der Waals surface area (Å²) in [5, 5.41) is 6.07. The second-order valence-electron chi connectivity index (χ2n) is 8.21. The highest BCUT2D eigenvalue weighted by molar-refractivity contribution is 5.93. The molecule has 1 saturated heterocycles. The number of rotatable bonds is 7. The Morgan fingerprint density at radius 3 is 2.37 bits per heavy atom. The number of ether oxygens (including phenoxy) is 1. The summed E-state index contributed by atoms with van der Waals surface area (Å²) >= 11 is 0. The summed E-state index contributed by atoms with van der Waals surface area (Å²) in [6.45, 7) is 5.53. The van der Waals surface area contributed by atoms with Gasteiger partial charge in [-0.05, 0) is 37.1 Å². The van der Waals surface area contributed by atoms with Crippen molar-refractivity contribution in [2.45, 2.75) is 25.8 Å². The van der Waals surface area contributed by atoms with Gasteiger partial charge in [0, 0.05) is 44.0 Å². The van der Waals surface area contributed by atoms with Crippen LogP contribution in [0.25, 0.3) is 11.3 Å². The molecule has 1 aliphatic heterocycles. The third-order valence-electron chi connectivity index (χ3n) is 5.65. The van der Waals surface area contributed by atoms with Crippen LogP contribution in [0.3, 0.4) is 0 Å². The van der Waals surface area contributed by atoms with Crippen molar-refractivity contribution in [2.24, 2.45) is 0 Å². The SMILES string of the molecule is CCc1ccc(NC(=O)NC2CCN(CCOC)C2)c(-c2ccccc2)n1.Fc1ccccc1F. The van der Waals surface area contributed by atoms with Gasteiger partial charge in [0.1, 0.15) is 0 Å². The lowest BCUT2D eigenvalue weighted by atomic mass is 10.1. The average molecular weight is 483 g/mol. The average Bonchev–Trinajstić information content (AvgIpc) is 3.32. The van der Waals surface area contributed by atoms with E-state index in [9.17, 15) is 13.6 Å². The van der Waals surface area contributed by atoms with Crippen molar-refractivity contribution in [3.63, 3.8) is 0 Å². The normalized spacial score (nSPS) is 15.3. The van der Waals surface area contributed by atoms with Crippen LogP contribution in [0.4, 0.5) is 19.3 Å². The fourth-order valence-electron chi connectivity index (χ4n) is 3.77. The summed E-state index contributed by atoms with van der Waals surface area (Å²) in [5.41, 5.74) is 3.53. The highest BCUT2D eigenvalue weighted by Crippen LogP contribution is 2.26. The van der Waals surface area contributed by atoms with Gasteiger partial charge in [0.25, 0.3) is 0 Å². The minimum Gasteiger partial charge on any atom is -0.383 e. The van der Waals surface area contributed by atoms with Gasteiger partial charge >= 0.3 is 6.03 Å². The van der Waals surface area contributed by atoms with Crippen LogP contribution in [0, 0.1) is 11.6 Å². The Kier molecular flexibility index (Phi) is 10.1. The fraction of sp³-hybridized carbons (Fsp3) is 0.333. The van der Waals surface area contributed by atoms with Crippen LogP contribution in [0.1, 0.15) is 19.0 Å². The molecule has 0 saturated carbocycles. The molecule has 2 aromatic carbocycles. The number of carbonyl (C=O) groups excluding carboxylic acids is 1. The topological polar surface area (TPSA) is 66.5 Å². The maximum atomic E-state index is 12.5. The van der Waals surface area contributed by atoms with Crippen molar-refractivity contribution in [1.82, 2.24) is 15.2 Å². The van der Waals surface area contributed by atoms with Crippen LogP contribution in [-0.4, -0.2) is 55.3 Å². The maximum absolute atomic E-state index is 12.5. The molecule has 2 heterocycles. The minimum atomic E-state index is -0.799. The van der Waals surface area contributed by atoms with Crippen molar-refractivity contribution >= 4 is 11.7 Å². The molecular weight excluding hydrogens is 450 g/mol. The number of nitrogens with one attached hydrogen (secondary N) is 2. The molecule has 0 aliphatic carbocycles. The number of aryl methyl sites for hydroxylation is 1. The number of amides is 2. The summed E-state index contributed by atoms with van der Waals surface area (Å²) in [6.07, 6.45) is 1.81. The highest BCUT2D eigenvalue weighted by Gasteiger charge is 2.23. The van der Waals surface area contributed by atoms with E-state index in [1.807, 2.05) is 42.5 Å². The molecule has 6 nitrogen and oxygen atoms in total. The third kappa shape index (κ3) is 8.12. The smallest absolute Gasteiger partial charge is 0.319 e. The molecule has 1 aliphatic rings. The zero-order chi connectivity index (χ0) is 25.0. The molecular formula is C27H32F2N4O2. The molecule has 8 heteroatoms. The van der Waals surface area contributed by atoms with E-state index >= 15 is 0 Å². The van der Waals surface area contributed by atoms with Crippen LogP contribution in [0.5, 0.6) is 0 Å². The molecule has 0 radical (unpaired) electrons. The lowest BCUT2D eigenvalue weighted by Gasteiger charge is -2.17. The summed E-state index contributed by atoms with van der Waals surface area (Å²) in [4.78, 5) is 19.6. The molecule has 0 spiro atoms. The van der Waals surface area contributed by atoms with E-state index in [-0.39, 0.29) is 12.1 Å². The molecule has 0 bridgehead atoms. The number of carbonyl (C=O) groups is 1. The van der Waals surface area contributed by atoms with Gasteiger partial charge in [0.2, 0.25) is 0 Å². The van der Waals surface area contributed by atoms with Gasteiger partial charge in [0.15, 0.2) is 11.6 Å². The second kappa shape index (κ2) is 13.5. The fourth-order valence-corrected chi connectivity index (χ4v) is 3.77. The van der Waals surface area contributed by atoms with Gasteiger partial charge in [-0.25, -0.2) is 13.6 Å². The summed E-state index contributed by atoms with van der Waals surface area (Å²) < 4.78 is 29.0.